The summed E-state index contributed by atoms with van der Waals surface area (Å²) in [5, 5.41) is 3.86. The van der Waals surface area contributed by atoms with Crippen LogP contribution in [0.4, 0.5) is 0 Å². The summed E-state index contributed by atoms with van der Waals surface area (Å²) in [7, 11) is 0. The fraction of sp³-hybridized carbons (Fsp3) is 0.111. The molecule has 0 unspecified atom stereocenters. The highest BCUT2D eigenvalue weighted by molar-refractivity contribution is 9.10. The number of esters is 2. The second kappa shape index (κ2) is 7.92. The second-order valence-corrected chi connectivity index (χ2v) is 6.10. The molecule has 26 heavy (non-hydrogen) atoms. The van der Waals surface area contributed by atoms with Crippen LogP contribution in [0.3, 0.4) is 0 Å². The predicted octanol–water partition coefficient (Wildman–Crippen LogP) is 3.78. The molecule has 3 aromatic rings. The zero-order valence-electron chi connectivity index (χ0n) is 13.6. The number of hydrogen-bond acceptors (Lipinski definition) is 7. The molecule has 3 rings (SSSR count). The maximum atomic E-state index is 12.2. The molecule has 8 heteroatoms. The average Bonchev–Trinajstić information content (AvgIpc) is 3.09. The SMILES string of the molecule is CC(=O)Oc1ccccc1C(=O)OCc1nc(-c2ccc(Br)cc2)no1. The van der Waals surface area contributed by atoms with E-state index in [1.54, 1.807) is 12.1 Å². The molecule has 0 aliphatic carbocycles. The first-order chi connectivity index (χ1) is 12.5. The van der Waals surface area contributed by atoms with Gasteiger partial charge in [0.1, 0.15) is 11.3 Å². The summed E-state index contributed by atoms with van der Waals surface area (Å²) in [6.45, 7) is 1.06. The minimum atomic E-state index is -0.662. The van der Waals surface area contributed by atoms with E-state index in [1.807, 2.05) is 24.3 Å². The Balaban J connectivity index is 1.67. The van der Waals surface area contributed by atoms with E-state index in [0.29, 0.717) is 5.82 Å². The first-order valence-corrected chi connectivity index (χ1v) is 8.35. The number of benzene rings is 2. The van der Waals surface area contributed by atoms with Gasteiger partial charge in [0.15, 0.2) is 6.61 Å². The van der Waals surface area contributed by atoms with E-state index in [-0.39, 0.29) is 23.8 Å². The molecule has 7 nitrogen and oxygen atoms in total. The number of hydrogen-bond donors (Lipinski definition) is 0. The van der Waals surface area contributed by atoms with Crippen molar-refractivity contribution in [3.63, 3.8) is 0 Å². The molecular weight excluding hydrogens is 404 g/mol. The van der Waals surface area contributed by atoms with Crippen LogP contribution in [0.15, 0.2) is 57.5 Å². The number of carbonyl (C=O) groups is 2. The van der Waals surface area contributed by atoms with E-state index in [9.17, 15) is 9.59 Å². The highest BCUT2D eigenvalue weighted by atomic mass is 79.9. The molecule has 0 aliphatic heterocycles. The van der Waals surface area contributed by atoms with Gasteiger partial charge in [-0.25, -0.2) is 4.79 Å². The number of para-hydroxylation sites is 1. The zero-order valence-corrected chi connectivity index (χ0v) is 15.2. The summed E-state index contributed by atoms with van der Waals surface area (Å²) >= 11 is 3.35. The molecule has 0 N–H and O–H groups in total. The predicted molar refractivity (Wildman–Crippen MR) is 94.3 cm³/mol. The number of nitrogens with zero attached hydrogens (tertiary/aromatic N) is 2. The number of carbonyl (C=O) groups excluding carboxylic acids is 2. The maximum absolute atomic E-state index is 12.2. The van der Waals surface area contributed by atoms with Crippen LogP contribution in [0.1, 0.15) is 23.2 Å². The van der Waals surface area contributed by atoms with Gasteiger partial charge in [0.25, 0.3) is 5.89 Å². The molecule has 1 heterocycles. The lowest BCUT2D eigenvalue weighted by atomic mass is 10.2. The van der Waals surface area contributed by atoms with E-state index in [2.05, 4.69) is 26.1 Å². The largest absolute Gasteiger partial charge is 0.452 e. The first-order valence-electron chi connectivity index (χ1n) is 7.56. The van der Waals surface area contributed by atoms with Gasteiger partial charge in [-0.1, -0.05) is 33.2 Å². The fourth-order valence-corrected chi connectivity index (χ4v) is 2.38. The van der Waals surface area contributed by atoms with Crippen LogP contribution in [0.5, 0.6) is 5.75 Å². The molecule has 0 radical (unpaired) electrons. The van der Waals surface area contributed by atoms with Crippen LogP contribution in [0, 0.1) is 0 Å². The molecule has 0 fully saturated rings. The van der Waals surface area contributed by atoms with E-state index < -0.39 is 11.9 Å². The Hall–Kier alpha value is -3.00. The standard InChI is InChI=1S/C18H13BrN2O5/c1-11(22)25-15-5-3-2-4-14(15)18(23)24-10-16-20-17(21-26-16)12-6-8-13(19)9-7-12/h2-9H,10H2,1H3. The minimum absolute atomic E-state index is 0.131. The summed E-state index contributed by atoms with van der Waals surface area (Å²) in [5.74, 6) is -0.511. The molecule has 0 amide bonds. The molecule has 0 aliphatic rings. The molecule has 1 aromatic heterocycles. The second-order valence-electron chi connectivity index (χ2n) is 5.18. The van der Waals surface area contributed by atoms with E-state index in [4.69, 9.17) is 14.0 Å². The third-order valence-corrected chi connectivity index (χ3v) is 3.79. The summed E-state index contributed by atoms with van der Waals surface area (Å²) in [6, 6.07) is 13.7. The van der Waals surface area contributed by atoms with Crippen LogP contribution < -0.4 is 4.74 Å². The van der Waals surface area contributed by atoms with E-state index >= 15 is 0 Å². The Morgan fingerprint density at radius 3 is 2.58 bits per heavy atom. The minimum Gasteiger partial charge on any atom is -0.452 e. The number of halogens is 1. The van der Waals surface area contributed by atoms with Gasteiger partial charge in [-0.3, -0.25) is 4.79 Å². The van der Waals surface area contributed by atoms with Gasteiger partial charge in [0.2, 0.25) is 5.82 Å². The molecule has 0 bridgehead atoms. The lowest BCUT2D eigenvalue weighted by Crippen LogP contribution is -2.10. The number of aromatic nitrogens is 2. The summed E-state index contributed by atoms with van der Waals surface area (Å²) < 4.78 is 16.2. The first kappa shape index (κ1) is 17.8. The van der Waals surface area contributed by atoms with Crippen molar-refractivity contribution in [1.29, 1.82) is 0 Å². The fourth-order valence-electron chi connectivity index (χ4n) is 2.11. The Morgan fingerprint density at radius 1 is 1.12 bits per heavy atom. The van der Waals surface area contributed by atoms with Crippen molar-refractivity contribution in [3.8, 4) is 17.1 Å². The average molecular weight is 417 g/mol. The van der Waals surface area contributed by atoms with Crippen LogP contribution in [-0.2, 0) is 16.1 Å². The topological polar surface area (TPSA) is 91.5 Å². The Kier molecular flexibility index (Phi) is 5.43. The molecule has 0 spiro atoms. The molecule has 132 valence electrons. The molecule has 0 saturated heterocycles. The molecule has 2 aromatic carbocycles. The van der Waals surface area contributed by atoms with Crippen LogP contribution in [0.2, 0.25) is 0 Å². The van der Waals surface area contributed by atoms with Gasteiger partial charge in [-0.05, 0) is 36.4 Å². The van der Waals surface area contributed by atoms with Gasteiger partial charge in [0, 0.05) is 17.0 Å². The van der Waals surface area contributed by atoms with Crippen molar-refractivity contribution in [1.82, 2.24) is 10.1 Å². The third kappa shape index (κ3) is 4.34. The normalized spacial score (nSPS) is 10.4. The van der Waals surface area contributed by atoms with Crippen molar-refractivity contribution in [2.75, 3.05) is 0 Å². The van der Waals surface area contributed by atoms with Gasteiger partial charge in [-0.2, -0.15) is 4.98 Å². The Labute approximate surface area is 157 Å². The highest BCUT2D eigenvalue weighted by Gasteiger charge is 2.17. The molecule has 0 atom stereocenters. The highest BCUT2D eigenvalue weighted by Crippen LogP contribution is 2.21. The lowest BCUT2D eigenvalue weighted by molar-refractivity contribution is -0.131. The number of rotatable bonds is 5. The van der Waals surface area contributed by atoms with Crippen LogP contribution in [-0.4, -0.2) is 22.1 Å². The summed E-state index contributed by atoms with van der Waals surface area (Å²) in [5.41, 5.74) is 0.907. The van der Waals surface area contributed by atoms with Gasteiger partial charge < -0.3 is 14.0 Å². The molecule has 0 saturated carbocycles. The van der Waals surface area contributed by atoms with Crippen molar-refractivity contribution in [2.45, 2.75) is 13.5 Å². The quantitative estimate of drug-likeness (QED) is 0.461. The zero-order chi connectivity index (χ0) is 18.5. The summed E-state index contributed by atoms with van der Waals surface area (Å²) in [4.78, 5) is 27.5. The Bertz CT molecular complexity index is 937. The van der Waals surface area contributed by atoms with Crippen molar-refractivity contribution < 1.29 is 23.6 Å². The van der Waals surface area contributed by atoms with Crippen molar-refractivity contribution in [3.05, 3.63) is 64.5 Å². The lowest BCUT2D eigenvalue weighted by Gasteiger charge is -2.07. The number of ether oxygens (including phenoxy) is 2. The molecular formula is C18H13BrN2O5. The van der Waals surface area contributed by atoms with Crippen molar-refractivity contribution >= 4 is 27.9 Å². The van der Waals surface area contributed by atoms with Gasteiger partial charge in [-0.15, -0.1) is 0 Å². The van der Waals surface area contributed by atoms with Crippen LogP contribution >= 0.6 is 15.9 Å². The van der Waals surface area contributed by atoms with Crippen LogP contribution in [0.25, 0.3) is 11.4 Å². The van der Waals surface area contributed by atoms with E-state index in [0.717, 1.165) is 10.0 Å². The van der Waals surface area contributed by atoms with Gasteiger partial charge in [0.05, 0.1) is 0 Å². The smallest absolute Gasteiger partial charge is 0.342 e. The Morgan fingerprint density at radius 2 is 1.85 bits per heavy atom. The third-order valence-electron chi connectivity index (χ3n) is 3.26. The van der Waals surface area contributed by atoms with E-state index in [1.165, 1.54) is 19.1 Å². The monoisotopic (exact) mass is 416 g/mol. The maximum Gasteiger partial charge on any atom is 0.342 e. The van der Waals surface area contributed by atoms with Crippen molar-refractivity contribution in [2.24, 2.45) is 0 Å². The summed E-state index contributed by atoms with van der Waals surface area (Å²) in [6.07, 6.45) is 0. The van der Waals surface area contributed by atoms with Gasteiger partial charge >= 0.3 is 11.9 Å².